The lowest BCUT2D eigenvalue weighted by Crippen LogP contribution is -2.27. The van der Waals surface area contributed by atoms with Crippen LogP contribution in [0.15, 0.2) is 52.3 Å². The molecular formula is C18H25NO3S2. The molecule has 1 unspecified atom stereocenters. The lowest BCUT2D eigenvalue weighted by atomic mass is 10.1. The summed E-state index contributed by atoms with van der Waals surface area (Å²) in [6, 6.07) is 12.9. The van der Waals surface area contributed by atoms with Crippen LogP contribution in [0.1, 0.15) is 30.5 Å². The van der Waals surface area contributed by atoms with E-state index in [1.165, 1.54) is 0 Å². The van der Waals surface area contributed by atoms with Gasteiger partial charge in [0.1, 0.15) is 4.90 Å². The molecule has 0 aliphatic heterocycles. The van der Waals surface area contributed by atoms with Crippen molar-refractivity contribution in [2.75, 3.05) is 0 Å². The highest BCUT2D eigenvalue weighted by Crippen LogP contribution is 2.55. The van der Waals surface area contributed by atoms with Crippen molar-refractivity contribution in [2.24, 2.45) is 5.14 Å². The molecule has 0 aliphatic carbocycles. The fraction of sp³-hybridized carbons (Fsp3) is 0.333. The molecule has 24 heavy (non-hydrogen) atoms. The first-order chi connectivity index (χ1) is 11.1. The first-order valence-electron chi connectivity index (χ1n) is 7.77. The predicted octanol–water partition coefficient (Wildman–Crippen LogP) is 4.38. The van der Waals surface area contributed by atoms with Gasteiger partial charge in [-0.15, -0.1) is 0 Å². The average molecular weight is 368 g/mol. The first-order valence-corrected chi connectivity index (χ1v) is 10.9. The molecule has 0 bridgehead atoms. The van der Waals surface area contributed by atoms with E-state index in [4.69, 9.17) is 8.77 Å². The second-order valence-corrected chi connectivity index (χ2v) is 10.8. The van der Waals surface area contributed by atoms with Crippen molar-refractivity contribution in [3.63, 3.8) is 0 Å². The Balaban J connectivity index is 2.55. The molecule has 2 rings (SSSR count). The van der Waals surface area contributed by atoms with Crippen molar-refractivity contribution < 1.29 is 12.0 Å². The van der Waals surface area contributed by atoms with Crippen molar-refractivity contribution in [1.29, 1.82) is 0 Å². The summed E-state index contributed by atoms with van der Waals surface area (Å²) in [6.07, 6.45) is 0. The van der Waals surface area contributed by atoms with Gasteiger partial charge < -0.3 is 0 Å². The molecule has 2 N–H and O–H groups in total. The molecule has 0 amide bonds. The maximum absolute atomic E-state index is 13.0. The van der Waals surface area contributed by atoms with E-state index in [-0.39, 0.29) is 10.1 Å². The SMILES string of the molecule is Cc1cc(C)c(S(=O)(=O)OS(N)(c2ccccc2)C(C)C)c(C)c1. The minimum Gasteiger partial charge on any atom is -0.269 e. The zero-order valence-corrected chi connectivity index (χ0v) is 16.4. The van der Waals surface area contributed by atoms with Crippen LogP contribution in [0.5, 0.6) is 0 Å². The second-order valence-electron chi connectivity index (χ2n) is 6.26. The lowest BCUT2D eigenvalue weighted by molar-refractivity contribution is 0.505. The third-order valence-corrected chi connectivity index (χ3v) is 9.04. The number of rotatable bonds is 5. The molecule has 4 nitrogen and oxygen atoms in total. The van der Waals surface area contributed by atoms with E-state index in [1.807, 2.05) is 63.2 Å². The van der Waals surface area contributed by atoms with Crippen molar-refractivity contribution >= 4 is 20.6 Å². The number of nitrogens with two attached hydrogens (primary N) is 1. The fourth-order valence-corrected chi connectivity index (χ4v) is 7.20. The number of aryl methyl sites for hydroxylation is 3. The summed E-state index contributed by atoms with van der Waals surface area (Å²) in [5.74, 6) is 0. The Bertz CT molecular complexity index is 810. The molecule has 0 aromatic heterocycles. The molecule has 132 valence electrons. The smallest absolute Gasteiger partial charge is 0.269 e. The summed E-state index contributed by atoms with van der Waals surface area (Å²) in [4.78, 5) is 0.929. The van der Waals surface area contributed by atoms with E-state index in [0.717, 1.165) is 5.56 Å². The number of hydrogen-bond acceptors (Lipinski definition) is 4. The van der Waals surface area contributed by atoms with Gasteiger partial charge in [-0.1, -0.05) is 49.7 Å². The normalized spacial score (nSPS) is 16.0. The molecule has 2 aromatic rings. The van der Waals surface area contributed by atoms with Gasteiger partial charge in [0.15, 0.2) is 0 Å². The Morgan fingerprint density at radius 3 is 1.92 bits per heavy atom. The first kappa shape index (κ1) is 19.0. The number of hydrogen-bond donors (Lipinski definition) is 1. The zero-order chi connectivity index (χ0) is 18.1. The van der Waals surface area contributed by atoms with Gasteiger partial charge in [0.2, 0.25) is 0 Å². The third kappa shape index (κ3) is 3.67. The molecule has 0 radical (unpaired) electrons. The topological polar surface area (TPSA) is 69.4 Å². The van der Waals surface area contributed by atoms with Crippen LogP contribution in [-0.4, -0.2) is 13.7 Å². The van der Waals surface area contributed by atoms with Crippen LogP contribution in [0.3, 0.4) is 0 Å². The summed E-state index contributed by atoms with van der Waals surface area (Å²) in [5, 5.41) is 6.35. The molecule has 6 heteroatoms. The summed E-state index contributed by atoms with van der Waals surface area (Å²) in [5.41, 5.74) is 2.36. The lowest BCUT2D eigenvalue weighted by Gasteiger charge is -2.38. The minimum absolute atomic E-state index is 0.152. The van der Waals surface area contributed by atoms with Crippen molar-refractivity contribution in [2.45, 2.75) is 49.7 Å². The van der Waals surface area contributed by atoms with Gasteiger partial charge in [0.25, 0.3) is 0 Å². The Morgan fingerprint density at radius 1 is 0.958 bits per heavy atom. The highest BCUT2D eigenvalue weighted by atomic mass is 32.3. The molecule has 0 spiro atoms. The highest BCUT2D eigenvalue weighted by molar-refractivity contribution is 8.31. The summed E-state index contributed by atoms with van der Waals surface area (Å²) in [7, 11) is -6.45. The summed E-state index contributed by atoms with van der Waals surface area (Å²) >= 11 is 0. The Morgan fingerprint density at radius 2 is 1.46 bits per heavy atom. The molecular weight excluding hydrogens is 342 g/mol. The van der Waals surface area contributed by atoms with Crippen LogP contribution in [0.4, 0.5) is 0 Å². The van der Waals surface area contributed by atoms with Crippen LogP contribution in [-0.2, 0) is 13.7 Å². The fourth-order valence-electron chi connectivity index (χ4n) is 2.77. The summed E-state index contributed by atoms with van der Waals surface area (Å²) < 4.78 is 31.7. The van der Waals surface area contributed by atoms with E-state index in [9.17, 15) is 8.42 Å². The molecule has 0 heterocycles. The van der Waals surface area contributed by atoms with Crippen LogP contribution in [0, 0.1) is 20.8 Å². The van der Waals surface area contributed by atoms with Gasteiger partial charge in [0.05, 0.1) is 0 Å². The Kier molecular flexibility index (Phi) is 5.44. The van der Waals surface area contributed by atoms with Gasteiger partial charge in [-0.25, -0.2) is 0 Å². The highest BCUT2D eigenvalue weighted by Gasteiger charge is 2.35. The van der Waals surface area contributed by atoms with Crippen LogP contribution >= 0.6 is 10.5 Å². The maximum Gasteiger partial charge on any atom is 0.308 e. The molecule has 0 saturated carbocycles. The van der Waals surface area contributed by atoms with Gasteiger partial charge in [-0.3, -0.25) is 5.14 Å². The number of benzene rings is 2. The average Bonchev–Trinajstić information content (AvgIpc) is 2.45. The third-order valence-electron chi connectivity index (χ3n) is 3.87. The molecule has 1 atom stereocenters. The Hall–Kier alpha value is -1.34. The zero-order valence-electron chi connectivity index (χ0n) is 14.7. The van der Waals surface area contributed by atoms with Crippen molar-refractivity contribution in [1.82, 2.24) is 0 Å². The van der Waals surface area contributed by atoms with Crippen LogP contribution in [0.2, 0.25) is 0 Å². The maximum atomic E-state index is 13.0. The van der Waals surface area contributed by atoms with E-state index >= 15 is 0 Å². The van der Waals surface area contributed by atoms with E-state index in [0.29, 0.717) is 16.0 Å². The second kappa shape index (κ2) is 6.88. The van der Waals surface area contributed by atoms with Gasteiger partial charge >= 0.3 is 10.1 Å². The molecule has 0 aliphatic rings. The molecule has 2 aromatic carbocycles. The molecule has 0 saturated heterocycles. The molecule has 0 fully saturated rings. The van der Waals surface area contributed by atoms with E-state index < -0.39 is 20.6 Å². The van der Waals surface area contributed by atoms with Gasteiger partial charge in [-0.05, 0) is 54.5 Å². The summed E-state index contributed by atoms with van der Waals surface area (Å²) in [6.45, 7) is 9.26. The van der Waals surface area contributed by atoms with Crippen LogP contribution < -0.4 is 5.14 Å². The quantitative estimate of drug-likeness (QED) is 0.851. The predicted molar refractivity (Wildman–Crippen MR) is 101 cm³/mol. The van der Waals surface area contributed by atoms with Crippen LogP contribution in [0.25, 0.3) is 0 Å². The largest absolute Gasteiger partial charge is 0.308 e. The van der Waals surface area contributed by atoms with Crippen molar-refractivity contribution in [3.05, 3.63) is 59.2 Å². The van der Waals surface area contributed by atoms with E-state index in [1.54, 1.807) is 13.8 Å². The minimum atomic E-state index is -3.98. The van der Waals surface area contributed by atoms with E-state index in [2.05, 4.69) is 0 Å². The van der Waals surface area contributed by atoms with Crippen molar-refractivity contribution in [3.8, 4) is 0 Å². The monoisotopic (exact) mass is 367 g/mol. The Labute approximate surface area is 146 Å². The van der Waals surface area contributed by atoms with Gasteiger partial charge in [0, 0.05) is 10.1 Å². The van der Waals surface area contributed by atoms with Gasteiger partial charge in [-0.2, -0.15) is 12.0 Å². The standard InChI is InChI=1S/C18H25NO3S2/c1-13(2)23(19,17-9-7-6-8-10-17)22-24(20,21)18-15(4)11-14(3)12-16(18)5/h6-13H,19H2,1-5H3.